The quantitative estimate of drug-likeness (QED) is 0.579. The maximum atomic E-state index is 14.1. The molecule has 1 saturated heterocycles. The zero-order valence-corrected chi connectivity index (χ0v) is 17.9. The topological polar surface area (TPSA) is 43.9 Å². The molecule has 0 saturated carbocycles. The summed E-state index contributed by atoms with van der Waals surface area (Å²) in [6, 6.07) is 25.9. The SMILES string of the molecule is O=C(C(=O)N(Cc1ccccc1)Cc1ccccc1)N1CCN(c2ccccc2F)CC1. The molecule has 164 valence electrons. The highest BCUT2D eigenvalue weighted by Crippen LogP contribution is 2.20. The van der Waals surface area contributed by atoms with Gasteiger partial charge in [0.25, 0.3) is 0 Å². The minimum atomic E-state index is -0.517. The van der Waals surface area contributed by atoms with E-state index in [1.165, 1.54) is 6.07 Å². The van der Waals surface area contributed by atoms with Gasteiger partial charge >= 0.3 is 11.8 Å². The molecule has 3 aromatic carbocycles. The van der Waals surface area contributed by atoms with Crippen LogP contribution in [0.4, 0.5) is 10.1 Å². The molecule has 32 heavy (non-hydrogen) atoms. The largest absolute Gasteiger partial charge is 0.366 e. The van der Waals surface area contributed by atoms with Crippen LogP contribution in [0.1, 0.15) is 11.1 Å². The fourth-order valence-electron chi connectivity index (χ4n) is 3.94. The summed E-state index contributed by atoms with van der Waals surface area (Å²) in [5.41, 5.74) is 2.46. The number of para-hydroxylation sites is 1. The Morgan fingerprint density at radius 3 is 1.75 bits per heavy atom. The van der Waals surface area contributed by atoms with E-state index in [4.69, 9.17) is 0 Å². The molecule has 0 N–H and O–H groups in total. The van der Waals surface area contributed by atoms with E-state index in [1.807, 2.05) is 65.6 Å². The molecule has 0 aromatic heterocycles. The number of piperazine rings is 1. The molecule has 0 unspecified atom stereocenters. The lowest BCUT2D eigenvalue weighted by Gasteiger charge is -2.36. The Labute approximate surface area is 187 Å². The van der Waals surface area contributed by atoms with Gasteiger partial charge in [0.1, 0.15) is 5.82 Å². The highest BCUT2D eigenvalue weighted by molar-refractivity contribution is 6.34. The summed E-state index contributed by atoms with van der Waals surface area (Å²) in [5, 5.41) is 0. The van der Waals surface area contributed by atoms with Crippen molar-refractivity contribution in [3.63, 3.8) is 0 Å². The van der Waals surface area contributed by atoms with Gasteiger partial charge < -0.3 is 14.7 Å². The summed E-state index contributed by atoms with van der Waals surface area (Å²) in [4.78, 5) is 31.4. The lowest BCUT2D eigenvalue weighted by molar-refractivity contribution is -0.152. The van der Waals surface area contributed by atoms with Crippen molar-refractivity contribution >= 4 is 17.5 Å². The van der Waals surface area contributed by atoms with Gasteiger partial charge in [-0.05, 0) is 23.3 Å². The van der Waals surface area contributed by atoms with E-state index in [2.05, 4.69) is 0 Å². The fraction of sp³-hybridized carbons (Fsp3) is 0.231. The number of benzene rings is 3. The number of amides is 2. The first-order chi connectivity index (χ1) is 15.6. The molecule has 4 rings (SSSR count). The first kappa shape index (κ1) is 21.6. The van der Waals surface area contributed by atoms with E-state index >= 15 is 0 Å². The van der Waals surface area contributed by atoms with Gasteiger partial charge in [-0.2, -0.15) is 0 Å². The van der Waals surface area contributed by atoms with Gasteiger partial charge in [0.15, 0.2) is 0 Å². The molecule has 0 bridgehead atoms. The van der Waals surface area contributed by atoms with Gasteiger partial charge in [0, 0.05) is 39.3 Å². The molecule has 0 atom stereocenters. The van der Waals surface area contributed by atoms with Gasteiger partial charge in [0.2, 0.25) is 0 Å². The van der Waals surface area contributed by atoms with E-state index in [-0.39, 0.29) is 5.82 Å². The van der Waals surface area contributed by atoms with Crippen LogP contribution in [-0.2, 0) is 22.7 Å². The first-order valence-electron chi connectivity index (χ1n) is 10.8. The van der Waals surface area contributed by atoms with Crippen LogP contribution in [0.15, 0.2) is 84.9 Å². The number of rotatable bonds is 5. The molecule has 5 nitrogen and oxygen atoms in total. The maximum Gasteiger partial charge on any atom is 0.312 e. The van der Waals surface area contributed by atoms with Crippen LogP contribution in [0.3, 0.4) is 0 Å². The summed E-state index contributed by atoms with van der Waals surface area (Å²) in [5.74, 6) is -1.30. The van der Waals surface area contributed by atoms with E-state index in [1.54, 1.807) is 28.0 Å². The Morgan fingerprint density at radius 2 is 1.22 bits per heavy atom. The number of carbonyl (C=O) groups excluding carboxylic acids is 2. The molecule has 6 heteroatoms. The average Bonchev–Trinajstić information content (AvgIpc) is 2.84. The second-order valence-corrected chi connectivity index (χ2v) is 7.86. The highest BCUT2D eigenvalue weighted by Gasteiger charge is 2.30. The predicted octanol–water partition coefficient (Wildman–Crippen LogP) is 3.70. The number of hydrogen-bond donors (Lipinski definition) is 0. The van der Waals surface area contributed by atoms with Crippen molar-refractivity contribution in [2.75, 3.05) is 31.1 Å². The fourth-order valence-corrected chi connectivity index (χ4v) is 3.94. The summed E-state index contributed by atoms with van der Waals surface area (Å²) in [7, 11) is 0. The zero-order valence-electron chi connectivity index (χ0n) is 17.9. The molecular formula is C26H26FN3O2. The van der Waals surface area contributed by atoms with Crippen molar-refractivity contribution in [3.8, 4) is 0 Å². The molecule has 0 aliphatic carbocycles. The van der Waals surface area contributed by atoms with Gasteiger partial charge in [-0.25, -0.2) is 4.39 Å². The summed E-state index contributed by atoms with van der Waals surface area (Å²) < 4.78 is 14.1. The number of halogens is 1. The maximum absolute atomic E-state index is 14.1. The average molecular weight is 432 g/mol. The third-order valence-electron chi connectivity index (χ3n) is 5.66. The Balaban J connectivity index is 1.44. The van der Waals surface area contributed by atoms with E-state index in [0.717, 1.165) is 11.1 Å². The van der Waals surface area contributed by atoms with E-state index < -0.39 is 11.8 Å². The van der Waals surface area contributed by atoms with Gasteiger partial charge in [-0.3, -0.25) is 9.59 Å². The van der Waals surface area contributed by atoms with Crippen LogP contribution >= 0.6 is 0 Å². The van der Waals surface area contributed by atoms with Gasteiger partial charge in [0.05, 0.1) is 5.69 Å². The first-order valence-corrected chi connectivity index (χ1v) is 10.8. The Kier molecular flexibility index (Phi) is 6.80. The molecule has 0 radical (unpaired) electrons. The standard InChI is InChI=1S/C26H26FN3O2/c27-23-13-7-8-14-24(23)28-15-17-29(18-16-28)25(31)26(32)30(19-21-9-3-1-4-10-21)20-22-11-5-2-6-12-22/h1-14H,15-20H2. The number of anilines is 1. The minimum absolute atomic E-state index is 0.278. The molecular weight excluding hydrogens is 405 g/mol. The number of hydrogen-bond acceptors (Lipinski definition) is 3. The lowest BCUT2D eigenvalue weighted by atomic mass is 10.1. The van der Waals surface area contributed by atoms with E-state index in [9.17, 15) is 14.0 Å². The van der Waals surface area contributed by atoms with Crippen molar-refractivity contribution in [1.29, 1.82) is 0 Å². The van der Waals surface area contributed by atoms with Crippen LogP contribution in [0.2, 0.25) is 0 Å². The van der Waals surface area contributed by atoms with Crippen LogP contribution in [0.5, 0.6) is 0 Å². The van der Waals surface area contributed by atoms with Crippen LogP contribution < -0.4 is 4.90 Å². The Bertz CT molecular complexity index is 1010. The lowest BCUT2D eigenvalue weighted by Crippen LogP contribution is -2.53. The van der Waals surface area contributed by atoms with Crippen LogP contribution in [0.25, 0.3) is 0 Å². The van der Waals surface area contributed by atoms with Crippen molar-refractivity contribution < 1.29 is 14.0 Å². The summed E-state index contributed by atoms with van der Waals surface area (Å²) in [6.45, 7) is 2.44. The highest BCUT2D eigenvalue weighted by atomic mass is 19.1. The van der Waals surface area contributed by atoms with Crippen molar-refractivity contribution in [3.05, 3.63) is 102 Å². The predicted molar refractivity (Wildman–Crippen MR) is 122 cm³/mol. The zero-order chi connectivity index (χ0) is 22.3. The van der Waals surface area contributed by atoms with Crippen molar-refractivity contribution in [2.24, 2.45) is 0 Å². The molecule has 1 fully saturated rings. The van der Waals surface area contributed by atoms with Crippen LogP contribution in [-0.4, -0.2) is 47.8 Å². The third-order valence-corrected chi connectivity index (χ3v) is 5.66. The van der Waals surface area contributed by atoms with E-state index in [0.29, 0.717) is 45.0 Å². The second kappa shape index (κ2) is 10.1. The van der Waals surface area contributed by atoms with Crippen LogP contribution in [0, 0.1) is 5.82 Å². The smallest absolute Gasteiger partial charge is 0.312 e. The summed E-state index contributed by atoms with van der Waals surface area (Å²) >= 11 is 0. The number of carbonyl (C=O) groups is 2. The molecule has 0 spiro atoms. The normalized spacial score (nSPS) is 13.7. The molecule has 1 aliphatic heterocycles. The summed E-state index contributed by atoms with van der Waals surface area (Å²) in [6.07, 6.45) is 0. The molecule has 1 heterocycles. The second-order valence-electron chi connectivity index (χ2n) is 7.86. The molecule has 3 aromatic rings. The molecule has 2 amide bonds. The Hall–Kier alpha value is -3.67. The van der Waals surface area contributed by atoms with Gasteiger partial charge in [-0.15, -0.1) is 0 Å². The number of nitrogens with zero attached hydrogens (tertiary/aromatic N) is 3. The van der Waals surface area contributed by atoms with Crippen molar-refractivity contribution in [1.82, 2.24) is 9.80 Å². The van der Waals surface area contributed by atoms with Crippen molar-refractivity contribution in [2.45, 2.75) is 13.1 Å². The monoisotopic (exact) mass is 431 g/mol. The van der Waals surface area contributed by atoms with Gasteiger partial charge in [-0.1, -0.05) is 72.8 Å². The molecule has 1 aliphatic rings. The minimum Gasteiger partial charge on any atom is -0.366 e. The Morgan fingerprint density at radius 1 is 0.719 bits per heavy atom. The third kappa shape index (κ3) is 5.14.